The van der Waals surface area contributed by atoms with Crippen molar-refractivity contribution >= 4 is 36.6 Å². The Morgan fingerprint density at radius 1 is 1.06 bits per heavy atom. The molecule has 1 nitrogen and oxygen atoms in total. The van der Waals surface area contributed by atoms with Gasteiger partial charge in [0.05, 0.1) is 9.52 Å². The highest BCUT2D eigenvalue weighted by molar-refractivity contribution is 6.55. The first kappa shape index (κ1) is 9.67. The van der Waals surface area contributed by atoms with Crippen molar-refractivity contribution in [2.75, 3.05) is 0 Å². The Hall–Kier alpha value is -1.54. The lowest BCUT2D eigenvalue weighted by Crippen LogP contribution is -2.09. The maximum Gasteiger partial charge on any atom is 0.135 e. The molecule has 0 atom stereocenters. The summed E-state index contributed by atoms with van der Waals surface area (Å²) in [7, 11) is 0.772. The van der Waals surface area contributed by atoms with Gasteiger partial charge in [0, 0.05) is 10.8 Å². The summed E-state index contributed by atoms with van der Waals surface area (Å²) in [5.41, 5.74) is 3.30. The minimum atomic E-state index is 0.772. The first-order valence-corrected chi connectivity index (χ1v) is 6.89. The molecule has 0 saturated heterocycles. The third-order valence-electron chi connectivity index (χ3n) is 2.92. The Balaban J connectivity index is 2.49. The van der Waals surface area contributed by atoms with E-state index in [-0.39, 0.29) is 0 Å². The van der Waals surface area contributed by atoms with E-state index in [9.17, 15) is 0 Å². The van der Waals surface area contributed by atoms with Crippen LogP contribution in [0.1, 0.15) is 5.56 Å². The molecule has 0 N–H and O–H groups in total. The second kappa shape index (κ2) is 3.49. The van der Waals surface area contributed by atoms with Gasteiger partial charge in [-0.2, -0.15) is 0 Å². The average molecular weight is 224 g/mol. The molecule has 3 aromatic rings. The monoisotopic (exact) mass is 224 g/mol. The number of benzene rings is 2. The van der Waals surface area contributed by atoms with Crippen LogP contribution in [0.5, 0.6) is 0 Å². The molecule has 2 radical (unpaired) electrons. The van der Waals surface area contributed by atoms with Crippen LogP contribution in [0, 0.1) is 6.92 Å². The van der Waals surface area contributed by atoms with Crippen LogP contribution in [0.15, 0.2) is 40.8 Å². The summed E-state index contributed by atoms with van der Waals surface area (Å²) in [4.78, 5) is 0. The fourth-order valence-electron chi connectivity index (χ4n) is 2.10. The fourth-order valence-corrected chi connectivity index (χ4v) is 2.78. The van der Waals surface area contributed by atoms with E-state index in [0.29, 0.717) is 0 Å². The molecule has 0 bridgehead atoms. The molecule has 2 heteroatoms. The molecule has 0 amide bonds. The van der Waals surface area contributed by atoms with Crippen LogP contribution in [0.4, 0.5) is 0 Å². The van der Waals surface area contributed by atoms with Crippen LogP contribution in [0.2, 0.25) is 6.55 Å². The Kier molecular flexibility index (Phi) is 2.11. The van der Waals surface area contributed by atoms with E-state index in [2.05, 4.69) is 49.9 Å². The van der Waals surface area contributed by atoms with Gasteiger partial charge in [-0.1, -0.05) is 36.9 Å². The fraction of sp³-hybridized carbons (Fsp3) is 0.143. The molecule has 0 aliphatic heterocycles. The minimum absolute atomic E-state index is 0.772. The molecule has 2 aromatic carbocycles. The van der Waals surface area contributed by atoms with Crippen LogP contribution in [-0.2, 0) is 0 Å². The Morgan fingerprint density at radius 2 is 1.94 bits per heavy atom. The van der Waals surface area contributed by atoms with E-state index >= 15 is 0 Å². The molecule has 16 heavy (non-hydrogen) atoms. The molecule has 1 heterocycles. The first-order valence-electron chi connectivity index (χ1n) is 5.39. The van der Waals surface area contributed by atoms with E-state index in [4.69, 9.17) is 4.42 Å². The lowest BCUT2D eigenvalue weighted by molar-refractivity contribution is 0.671. The van der Waals surface area contributed by atoms with Crippen LogP contribution < -0.4 is 5.19 Å². The zero-order valence-electron chi connectivity index (χ0n) is 9.37. The van der Waals surface area contributed by atoms with Crippen molar-refractivity contribution in [3.05, 3.63) is 42.0 Å². The highest BCUT2D eigenvalue weighted by Gasteiger charge is 2.09. The molecule has 78 valence electrons. The molecular weight excluding hydrogens is 212 g/mol. The number of hydrogen-bond donors (Lipinski definition) is 0. The van der Waals surface area contributed by atoms with Gasteiger partial charge in [0.2, 0.25) is 0 Å². The molecule has 0 aliphatic rings. The number of furan rings is 1. The Labute approximate surface area is 96.9 Å². The topological polar surface area (TPSA) is 13.1 Å². The van der Waals surface area contributed by atoms with Crippen molar-refractivity contribution in [2.45, 2.75) is 13.5 Å². The van der Waals surface area contributed by atoms with Crippen molar-refractivity contribution in [2.24, 2.45) is 0 Å². The van der Waals surface area contributed by atoms with Gasteiger partial charge in [-0.25, -0.2) is 0 Å². The van der Waals surface area contributed by atoms with E-state index < -0.39 is 0 Å². The van der Waals surface area contributed by atoms with Crippen LogP contribution in [0.25, 0.3) is 21.9 Å². The van der Waals surface area contributed by atoms with Gasteiger partial charge in [-0.3, -0.25) is 0 Å². The van der Waals surface area contributed by atoms with Gasteiger partial charge >= 0.3 is 0 Å². The number of fused-ring (bicyclic) bond motifs is 3. The third kappa shape index (κ3) is 1.30. The largest absolute Gasteiger partial charge is 0.456 e. The number of rotatable bonds is 1. The SMILES string of the molecule is C[Si]c1cccc2c1oc1cc(C)ccc12. The van der Waals surface area contributed by atoms with Gasteiger partial charge in [0.1, 0.15) is 11.2 Å². The number of hydrogen-bond acceptors (Lipinski definition) is 1. The quantitative estimate of drug-likeness (QED) is 0.578. The smallest absolute Gasteiger partial charge is 0.135 e. The summed E-state index contributed by atoms with van der Waals surface area (Å²) in [5, 5.41) is 3.77. The zero-order valence-corrected chi connectivity index (χ0v) is 10.4. The predicted octanol–water partition coefficient (Wildman–Crippen LogP) is 3.27. The molecule has 3 rings (SSSR count). The molecule has 0 spiro atoms. The summed E-state index contributed by atoms with van der Waals surface area (Å²) in [6.07, 6.45) is 0. The maximum absolute atomic E-state index is 5.96. The summed E-state index contributed by atoms with van der Waals surface area (Å²) in [6.45, 7) is 4.28. The van der Waals surface area contributed by atoms with Gasteiger partial charge in [-0.05, 0) is 23.7 Å². The molecule has 0 aliphatic carbocycles. The summed E-state index contributed by atoms with van der Waals surface area (Å²) >= 11 is 0. The molecule has 0 fully saturated rings. The second-order valence-corrected chi connectivity index (χ2v) is 5.07. The summed E-state index contributed by atoms with van der Waals surface area (Å²) in [5.74, 6) is 0. The standard InChI is InChI=1S/C14H12OSi/c1-9-6-7-10-11-4-3-5-13(16-2)14(11)15-12(10)8-9/h3-8H,1-2H3. The normalized spacial score (nSPS) is 11.4. The molecular formula is C14H12OSi. The van der Waals surface area contributed by atoms with Crippen molar-refractivity contribution in [3.8, 4) is 0 Å². The predicted molar refractivity (Wildman–Crippen MR) is 69.7 cm³/mol. The van der Waals surface area contributed by atoms with E-state index in [1.54, 1.807) is 0 Å². The van der Waals surface area contributed by atoms with Gasteiger partial charge in [0.25, 0.3) is 0 Å². The summed E-state index contributed by atoms with van der Waals surface area (Å²) in [6, 6.07) is 12.8. The van der Waals surface area contributed by atoms with Crippen LogP contribution >= 0.6 is 0 Å². The highest BCUT2D eigenvalue weighted by Crippen LogP contribution is 2.27. The van der Waals surface area contributed by atoms with E-state index in [0.717, 1.165) is 20.7 Å². The maximum atomic E-state index is 5.96. The average Bonchev–Trinajstić information content (AvgIpc) is 2.65. The lowest BCUT2D eigenvalue weighted by atomic mass is 10.1. The Bertz CT molecular complexity index is 667. The lowest BCUT2D eigenvalue weighted by Gasteiger charge is -1.95. The van der Waals surface area contributed by atoms with Crippen molar-refractivity contribution in [1.29, 1.82) is 0 Å². The van der Waals surface area contributed by atoms with Gasteiger partial charge < -0.3 is 4.42 Å². The third-order valence-corrected chi connectivity index (χ3v) is 3.86. The van der Waals surface area contributed by atoms with Crippen molar-refractivity contribution < 1.29 is 4.42 Å². The molecule has 0 unspecified atom stereocenters. The second-order valence-electron chi connectivity index (χ2n) is 4.03. The van der Waals surface area contributed by atoms with Crippen molar-refractivity contribution in [3.63, 3.8) is 0 Å². The first-order chi connectivity index (χ1) is 7.79. The van der Waals surface area contributed by atoms with E-state index in [1.165, 1.54) is 21.5 Å². The van der Waals surface area contributed by atoms with Crippen LogP contribution in [-0.4, -0.2) is 9.52 Å². The zero-order chi connectivity index (χ0) is 11.1. The number of para-hydroxylation sites is 1. The minimum Gasteiger partial charge on any atom is -0.456 e. The van der Waals surface area contributed by atoms with Gasteiger partial charge in [0.15, 0.2) is 0 Å². The van der Waals surface area contributed by atoms with Crippen molar-refractivity contribution in [1.82, 2.24) is 0 Å². The molecule has 1 aromatic heterocycles. The van der Waals surface area contributed by atoms with Gasteiger partial charge in [-0.15, -0.1) is 0 Å². The highest BCUT2D eigenvalue weighted by atomic mass is 28.2. The summed E-state index contributed by atoms with van der Waals surface area (Å²) < 4.78 is 5.96. The Morgan fingerprint density at radius 3 is 2.75 bits per heavy atom. The molecule has 0 saturated carbocycles. The van der Waals surface area contributed by atoms with E-state index in [1.807, 2.05) is 0 Å². The van der Waals surface area contributed by atoms with Crippen LogP contribution in [0.3, 0.4) is 0 Å². The number of aryl methyl sites for hydroxylation is 1.